The van der Waals surface area contributed by atoms with Crippen LogP contribution in [-0.4, -0.2) is 23.4 Å². The maximum Gasteiger partial charge on any atom is 0.292 e. The fraction of sp³-hybridized carbons (Fsp3) is 0.158. The minimum absolute atomic E-state index is 0.124. The van der Waals surface area contributed by atoms with Gasteiger partial charge in [-0.05, 0) is 30.2 Å². The Kier molecular flexibility index (Phi) is 5.36. The van der Waals surface area contributed by atoms with Gasteiger partial charge in [-0.25, -0.2) is 0 Å². The van der Waals surface area contributed by atoms with E-state index in [9.17, 15) is 4.79 Å². The zero-order valence-corrected chi connectivity index (χ0v) is 14.5. The predicted octanol–water partition coefficient (Wildman–Crippen LogP) is 3.55. The third kappa shape index (κ3) is 3.83. The van der Waals surface area contributed by atoms with Crippen molar-refractivity contribution in [3.63, 3.8) is 0 Å². The second-order valence-electron chi connectivity index (χ2n) is 5.41. The summed E-state index contributed by atoms with van der Waals surface area (Å²) in [6, 6.07) is 17.0. The molecule has 0 saturated carbocycles. The largest absolute Gasteiger partial charge is 0.496 e. The van der Waals surface area contributed by atoms with Crippen molar-refractivity contribution in [2.45, 2.75) is 6.42 Å². The molecule has 0 fully saturated rings. The smallest absolute Gasteiger partial charge is 0.292 e. The first-order chi connectivity index (χ1) is 12.2. The number of hydrogen-bond acceptors (Lipinski definition) is 4. The average Bonchev–Trinajstić information content (AvgIpc) is 2.66. The molecule has 3 aromatic rings. The Morgan fingerprint density at radius 1 is 1.12 bits per heavy atom. The van der Waals surface area contributed by atoms with Gasteiger partial charge in [0.1, 0.15) is 10.8 Å². The minimum atomic E-state index is -0.352. The van der Waals surface area contributed by atoms with E-state index in [2.05, 4.69) is 10.4 Å². The number of aromatic nitrogens is 2. The Labute approximate surface area is 150 Å². The van der Waals surface area contributed by atoms with Crippen molar-refractivity contribution >= 4 is 17.3 Å². The zero-order valence-electron chi connectivity index (χ0n) is 13.8. The molecule has 0 bridgehead atoms. The third-order valence-corrected chi connectivity index (χ3v) is 4.19. The summed E-state index contributed by atoms with van der Waals surface area (Å²) in [5, 5.41) is 7.49. The molecule has 0 radical (unpaired) electrons. The Bertz CT molecular complexity index is 910. The van der Waals surface area contributed by atoms with E-state index in [1.165, 1.54) is 4.68 Å². The molecule has 128 valence electrons. The summed E-state index contributed by atoms with van der Waals surface area (Å²) in [5.41, 5.74) is 1.93. The summed E-state index contributed by atoms with van der Waals surface area (Å²) >= 11 is 6.23. The van der Waals surface area contributed by atoms with E-state index in [1.54, 1.807) is 25.4 Å². The van der Waals surface area contributed by atoms with E-state index in [0.29, 0.717) is 17.9 Å². The Hall–Kier alpha value is -2.79. The lowest BCUT2D eigenvalue weighted by Gasteiger charge is -2.11. The number of methoxy groups -OCH3 is 1. The number of hydrogen-bond donors (Lipinski definition) is 1. The maximum absolute atomic E-state index is 12.4. The highest BCUT2D eigenvalue weighted by Gasteiger charge is 2.10. The van der Waals surface area contributed by atoms with Crippen molar-refractivity contribution in [3.8, 4) is 11.4 Å². The van der Waals surface area contributed by atoms with Crippen LogP contribution in [0.4, 0.5) is 5.69 Å². The van der Waals surface area contributed by atoms with Crippen LogP contribution in [0, 0.1) is 0 Å². The molecular weight excluding hydrogens is 338 g/mol. The lowest BCUT2D eigenvalue weighted by Crippen LogP contribution is -2.23. The van der Waals surface area contributed by atoms with E-state index in [1.807, 2.05) is 42.5 Å². The average molecular weight is 356 g/mol. The zero-order chi connectivity index (χ0) is 17.6. The van der Waals surface area contributed by atoms with Gasteiger partial charge < -0.3 is 10.1 Å². The van der Waals surface area contributed by atoms with Gasteiger partial charge in [-0.2, -0.15) is 9.78 Å². The van der Waals surface area contributed by atoms with Crippen LogP contribution in [0.25, 0.3) is 5.69 Å². The fourth-order valence-electron chi connectivity index (χ4n) is 2.55. The SMILES string of the molecule is COc1ccccc1CCNc1cnn(-c2ccccc2)c(=O)c1Cl. The molecule has 1 N–H and O–H groups in total. The molecule has 0 atom stereocenters. The van der Waals surface area contributed by atoms with Crippen molar-refractivity contribution in [2.75, 3.05) is 19.0 Å². The molecule has 5 nitrogen and oxygen atoms in total. The molecule has 2 aromatic carbocycles. The van der Waals surface area contributed by atoms with Crippen molar-refractivity contribution < 1.29 is 4.74 Å². The number of ether oxygens (including phenoxy) is 1. The Balaban J connectivity index is 1.74. The van der Waals surface area contributed by atoms with Crippen LogP contribution < -0.4 is 15.6 Å². The van der Waals surface area contributed by atoms with E-state index in [0.717, 1.165) is 17.7 Å². The molecule has 0 spiro atoms. The first-order valence-electron chi connectivity index (χ1n) is 7.89. The van der Waals surface area contributed by atoms with E-state index in [4.69, 9.17) is 16.3 Å². The van der Waals surface area contributed by atoms with Crippen LogP contribution in [0.2, 0.25) is 5.02 Å². The molecule has 1 aromatic heterocycles. The van der Waals surface area contributed by atoms with Crippen LogP contribution in [-0.2, 0) is 6.42 Å². The topological polar surface area (TPSA) is 56.1 Å². The molecule has 25 heavy (non-hydrogen) atoms. The molecule has 0 amide bonds. The summed E-state index contributed by atoms with van der Waals surface area (Å²) in [6.07, 6.45) is 2.31. The molecule has 1 heterocycles. The standard InChI is InChI=1S/C19H18ClN3O2/c1-25-17-10-6-5-7-14(17)11-12-21-16-13-22-23(19(24)18(16)20)15-8-3-2-4-9-15/h2-10,13,21H,11-12H2,1H3. The summed E-state index contributed by atoms with van der Waals surface area (Å²) < 4.78 is 6.62. The van der Waals surface area contributed by atoms with Gasteiger partial charge in [0.05, 0.1) is 24.7 Å². The van der Waals surface area contributed by atoms with Gasteiger partial charge in [0, 0.05) is 6.54 Å². The number of para-hydroxylation sites is 2. The van der Waals surface area contributed by atoms with Crippen molar-refractivity contribution in [1.82, 2.24) is 9.78 Å². The monoisotopic (exact) mass is 355 g/mol. The number of halogens is 1. The first kappa shape index (κ1) is 17.0. The second kappa shape index (κ2) is 7.85. The highest BCUT2D eigenvalue weighted by Crippen LogP contribution is 2.20. The maximum atomic E-state index is 12.4. The Morgan fingerprint density at radius 3 is 2.60 bits per heavy atom. The molecule has 0 saturated heterocycles. The third-order valence-electron chi connectivity index (χ3n) is 3.82. The molecule has 0 aliphatic carbocycles. The summed E-state index contributed by atoms with van der Waals surface area (Å²) in [7, 11) is 1.65. The lowest BCUT2D eigenvalue weighted by molar-refractivity contribution is 0.410. The lowest BCUT2D eigenvalue weighted by atomic mass is 10.1. The van der Waals surface area contributed by atoms with Gasteiger partial charge in [-0.1, -0.05) is 48.0 Å². The van der Waals surface area contributed by atoms with Crippen LogP contribution in [0.3, 0.4) is 0 Å². The van der Waals surface area contributed by atoms with Gasteiger partial charge in [-0.3, -0.25) is 4.79 Å². The Morgan fingerprint density at radius 2 is 1.84 bits per heavy atom. The van der Waals surface area contributed by atoms with Gasteiger partial charge >= 0.3 is 0 Å². The number of anilines is 1. The van der Waals surface area contributed by atoms with Crippen molar-refractivity contribution in [2.24, 2.45) is 0 Å². The van der Waals surface area contributed by atoms with Crippen LogP contribution in [0.1, 0.15) is 5.56 Å². The summed E-state index contributed by atoms with van der Waals surface area (Å²) in [4.78, 5) is 12.4. The molecular formula is C19H18ClN3O2. The highest BCUT2D eigenvalue weighted by atomic mass is 35.5. The van der Waals surface area contributed by atoms with Gasteiger partial charge in [0.25, 0.3) is 5.56 Å². The summed E-state index contributed by atoms with van der Waals surface area (Å²) in [5.74, 6) is 0.841. The first-order valence-corrected chi connectivity index (χ1v) is 8.27. The number of rotatable bonds is 6. The number of benzene rings is 2. The van der Waals surface area contributed by atoms with Crippen LogP contribution in [0.5, 0.6) is 5.75 Å². The molecule has 0 unspecified atom stereocenters. The van der Waals surface area contributed by atoms with Gasteiger partial charge in [-0.15, -0.1) is 0 Å². The number of nitrogens with zero attached hydrogens (tertiary/aromatic N) is 2. The molecule has 0 aliphatic rings. The highest BCUT2D eigenvalue weighted by molar-refractivity contribution is 6.32. The van der Waals surface area contributed by atoms with Crippen LogP contribution in [0.15, 0.2) is 65.6 Å². The van der Waals surface area contributed by atoms with Crippen molar-refractivity contribution in [1.29, 1.82) is 0 Å². The normalized spacial score (nSPS) is 10.5. The van der Waals surface area contributed by atoms with E-state index in [-0.39, 0.29) is 10.6 Å². The number of nitrogens with one attached hydrogen (secondary N) is 1. The summed E-state index contributed by atoms with van der Waals surface area (Å²) in [6.45, 7) is 0.608. The van der Waals surface area contributed by atoms with Gasteiger partial charge in [0.2, 0.25) is 0 Å². The van der Waals surface area contributed by atoms with Crippen molar-refractivity contribution in [3.05, 3.63) is 81.7 Å². The quantitative estimate of drug-likeness (QED) is 0.734. The van der Waals surface area contributed by atoms with Gasteiger partial charge in [0.15, 0.2) is 0 Å². The van der Waals surface area contributed by atoms with Crippen LogP contribution >= 0.6 is 11.6 Å². The second-order valence-corrected chi connectivity index (χ2v) is 5.79. The van der Waals surface area contributed by atoms with E-state index >= 15 is 0 Å². The van der Waals surface area contributed by atoms with E-state index < -0.39 is 0 Å². The minimum Gasteiger partial charge on any atom is -0.496 e. The predicted molar refractivity (Wildman–Crippen MR) is 100 cm³/mol. The molecule has 6 heteroatoms. The molecule has 0 aliphatic heterocycles. The molecule has 3 rings (SSSR count). The fourth-order valence-corrected chi connectivity index (χ4v) is 2.75.